The Labute approximate surface area is 180 Å². The van der Waals surface area contributed by atoms with Gasteiger partial charge in [-0.05, 0) is 105 Å². The van der Waals surface area contributed by atoms with E-state index in [0.717, 1.165) is 28.7 Å². The summed E-state index contributed by atoms with van der Waals surface area (Å²) in [7, 11) is 2.14. The van der Waals surface area contributed by atoms with Gasteiger partial charge < -0.3 is 10.2 Å². The summed E-state index contributed by atoms with van der Waals surface area (Å²) < 4.78 is 0. The Hall–Kier alpha value is -3.06. The Morgan fingerprint density at radius 3 is 2.50 bits per heavy atom. The monoisotopic (exact) mass is 401 g/mol. The number of aryl methyl sites for hydroxylation is 3. The Kier molecular flexibility index (Phi) is 5.76. The molecule has 3 rings (SSSR count). The summed E-state index contributed by atoms with van der Waals surface area (Å²) in [5.41, 5.74) is 7.62. The number of carbonyl (C=O) groups is 1. The predicted octanol–water partition coefficient (Wildman–Crippen LogP) is 5.88. The summed E-state index contributed by atoms with van der Waals surface area (Å²) in [5.74, 6) is 0.0259. The van der Waals surface area contributed by atoms with Crippen molar-refractivity contribution in [3.8, 4) is 6.07 Å². The molecule has 0 unspecified atom stereocenters. The van der Waals surface area contributed by atoms with E-state index in [0.29, 0.717) is 11.6 Å². The van der Waals surface area contributed by atoms with Gasteiger partial charge in [-0.3, -0.25) is 4.79 Å². The van der Waals surface area contributed by atoms with Gasteiger partial charge >= 0.3 is 0 Å². The number of carbonyl (C=O) groups excluding carboxylic acids is 1. The van der Waals surface area contributed by atoms with Crippen LogP contribution in [0.5, 0.6) is 0 Å². The van der Waals surface area contributed by atoms with Gasteiger partial charge in [0.15, 0.2) is 0 Å². The molecule has 0 saturated heterocycles. The van der Waals surface area contributed by atoms with Crippen molar-refractivity contribution >= 4 is 23.4 Å². The van der Waals surface area contributed by atoms with Gasteiger partial charge in [-0.15, -0.1) is 0 Å². The smallest absolute Gasteiger partial charge is 0.266 e. The van der Waals surface area contributed by atoms with Crippen LogP contribution in [0, 0.1) is 32.1 Å². The molecule has 4 nitrogen and oxygen atoms in total. The second kappa shape index (κ2) is 7.99. The molecular formula is C26H31N3O. The summed E-state index contributed by atoms with van der Waals surface area (Å²) in [5, 5.41) is 12.5. The van der Waals surface area contributed by atoms with Crippen LogP contribution in [0.15, 0.2) is 35.9 Å². The van der Waals surface area contributed by atoms with E-state index in [1.165, 1.54) is 11.3 Å². The Morgan fingerprint density at radius 2 is 1.87 bits per heavy atom. The van der Waals surface area contributed by atoms with Crippen LogP contribution in [0.2, 0.25) is 0 Å². The highest BCUT2D eigenvalue weighted by atomic mass is 16.1. The Bertz CT molecular complexity index is 1070. The molecule has 30 heavy (non-hydrogen) atoms. The maximum absolute atomic E-state index is 12.7. The largest absolute Gasteiger partial charge is 0.369 e. The zero-order valence-corrected chi connectivity index (χ0v) is 19.1. The van der Waals surface area contributed by atoms with Crippen molar-refractivity contribution in [1.82, 2.24) is 0 Å². The lowest BCUT2D eigenvalue weighted by molar-refractivity contribution is -0.112. The number of nitrogens with zero attached hydrogens (tertiary/aromatic N) is 2. The number of nitrogens with one attached hydrogen (secondary N) is 1. The third-order valence-electron chi connectivity index (χ3n) is 6.45. The topological polar surface area (TPSA) is 56.1 Å². The normalized spacial score (nSPS) is 17.9. The van der Waals surface area contributed by atoms with E-state index in [9.17, 15) is 10.1 Å². The summed E-state index contributed by atoms with van der Waals surface area (Å²) in [4.78, 5) is 15.1. The molecule has 2 aromatic rings. The minimum Gasteiger partial charge on any atom is -0.369 e. The van der Waals surface area contributed by atoms with Gasteiger partial charge in [0.05, 0.1) is 0 Å². The third kappa shape index (κ3) is 4.11. The van der Waals surface area contributed by atoms with Gasteiger partial charge in [0.25, 0.3) is 5.91 Å². The van der Waals surface area contributed by atoms with Crippen LogP contribution >= 0.6 is 0 Å². The highest BCUT2D eigenvalue weighted by Gasteiger charge is 2.34. The number of nitriles is 1. The van der Waals surface area contributed by atoms with Crippen LogP contribution in [0.3, 0.4) is 0 Å². The number of hydrogen-bond donors (Lipinski definition) is 1. The minimum absolute atomic E-state index is 0.0973. The van der Waals surface area contributed by atoms with E-state index in [1.54, 1.807) is 6.08 Å². The van der Waals surface area contributed by atoms with E-state index in [2.05, 4.69) is 56.2 Å². The van der Waals surface area contributed by atoms with Crippen molar-refractivity contribution in [1.29, 1.82) is 5.26 Å². The van der Waals surface area contributed by atoms with E-state index in [4.69, 9.17) is 0 Å². The Balaban J connectivity index is 1.94. The fraction of sp³-hybridized carbons (Fsp3) is 0.385. The molecular weight excluding hydrogens is 370 g/mol. The number of hydrogen-bond acceptors (Lipinski definition) is 3. The molecule has 2 aromatic carbocycles. The quantitative estimate of drug-likeness (QED) is 0.516. The number of rotatable bonds is 3. The molecule has 0 radical (unpaired) electrons. The molecule has 0 fully saturated rings. The van der Waals surface area contributed by atoms with Crippen molar-refractivity contribution in [2.45, 2.75) is 59.4 Å². The average molecular weight is 402 g/mol. The van der Waals surface area contributed by atoms with E-state index < -0.39 is 0 Å². The molecule has 0 spiro atoms. The SMILES string of the molecule is Cc1ccc(NC(=O)/C(C#N)=C\c2cc3c(cc2C)N(C)C(C)(C)C[C@@H]3C)cc1C. The van der Waals surface area contributed by atoms with Gasteiger partial charge in [0.1, 0.15) is 11.6 Å². The van der Waals surface area contributed by atoms with Crippen molar-refractivity contribution < 1.29 is 4.79 Å². The molecule has 1 atom stereocenters. The van der Waals surface area contributed by atoms with Gasteiger partial charge in [0.2, 0.25) is 0 Å². The molecule has 156 valence electrons. The molecule has 0 aromatic heterocycles. The van der Waals surface area contributed by atoms with Gasteiger partial charge in [-0.1, -0.05) is 13.0 Å². The van der Waals surface area contributed by atoms with Crippen LogP contribution < -0.4 is 10.2 Å². The second-order valence-electron chi connectivity index (χ2n) is 9.17. The highest BCUT2D eigenvalue weighted by Crippen LogP contribution is 2.43. The van der Waals surface area contributed by atoms with E-state index in [1.807, 2.05) is 39.0 Å². The zero-order chi connectivity index (χ0) is 22.2. The van der Waals surface area contributed by atoms with Crippen molar-refractivity contribution in [2.24, 2.45) is 0 Å². The summed E-state index contributed by atoms with van der Waals surface area (Å²) in [6.07, 6.45) is 2.76. The first-order valence-corrected chi connectivity index (χ1v) is 10.4. The van der Waals surface area contributed by atoms with Crippen LogP contribution in [0.4, 0.5) is 11.4 Å². The standard InChI is InChI=1S/C26H31N3O/c1-16-8-9-22(10-17(16)2)28-25(30)21(15-27)12-20-13-23-19(4)14-26(5,6)29(7)24(23)11-18(20)3/h8-13,19H,14H2,1-7H3,(H,28,30)/b21-12-/t19-/m0/s1. The average Bonchev–Trinajstić information content (AvgIpc) is 2.67. The molecule has 0 aliphatic carbocycles. The maximum atomic E-state index is 12.7. The minimum atomic E-state index is -0.385. The summed E-state index contributed by atoms with van der Waals surface area (Å²) in [6, 6.07) is 12.1. The Morgan fingerprint density at radius 1 is 1.17 bits per heavy atom. The number of fused-ring (bicyclic) bond motifs is 1. The van der Waals surface area contributed by atoms with Crippen LogP contribution in [-0.2, 0) is 4.79 Å². The number of anilines is 2. The first-order chi connectivity index (χ1) is 14.0. The zero-order valence-electron chi connectivity index (χ0n) is 19.1. The number of amides is 1. The maximum Gasteiger partial charge on any atom is 0.266 e. The number of benzene rings is 2. The predicted molar refractivity (Wildman–Crippen MR) is 125 cm³/mol. The fourth-order valence-corrected chi connectivity index (χ4v) is 4.21. The second-order valence-corrected chi connectivity index (χ2v) is 9.17. The molecule has 0 bridgehead atoms. The lowest BCUT2D eigenvalue weighted by Gasteiger charge is -2.45. The summed E-state index contributed by atoms with van der Waals surface area (Å²) in [6.45, 7) is 12.8. The van der Waals surface area contributed by atoms with Gasteiger partial charge in [-0.25, -0.2) is 0 Å². The molecule has 1 aliphatic rings. The fourth-order valence-electron chi connectivity index (χ4n) is 4.21. The molecule has 0 saturated carbocycles. The van der Waals surface area contributed by atoms with Gasteiger partial charge in [0, 0.05) is 24.0 Å². The molecule has 1 aliphatic heterocycles. The lowest BCUT2D eigenvalue weighted by atomic mass is 9.79. The van der Waals surface area contributed by atoms with E-state index in [-0.39, 0.29) is 17.0 Å². The summed E-state index contributed by atoms with van der Waals surface area (Å²) >= 11 is 0. The lowest BCUT2D eigenvalue weighted by Crippen LogP contribution is -2.45. The molecule has 4 heteroatoms. The van der Waals surface area contributed by atoms with Crippen molar-refractivity contribution in [3.63, 3.8) is 0 Å². The first-order valence-electron chi connectivity index (χ1n) is 10.4. The van der Waals surface area contributed by atoms with Crippen molar-refractivity contribution in [3.05, 3.63) is 63.7 Å². The third-order valence-corrected chi connectivity index (χ3v) is 6.45. The highest BCUT2D eigenvalue weighted by molar-refractivity contribution is 6.09. The van der Waals surface area contributed by atoms with Crippen LogP contribution in [0.1, 0.15) is 60.9 Å². The molecule has 1 heterocycles. The van der Waals surface area contributed by atoms with Crippen LogP contribution in [-0.4, -0.2) is 18.5 Å². The van der Waals surface area contributed by atoms with E-state index >= 15 is 0 Å². The van der Waals surface area contributed by atoms with Crippen molar-refractivity contribution in [2.75, 3.05) is 17.3 Å². The molecule has 1 N–H and O–H groups in total. The van der Waals surface area contributed by atoms with Crippen LogP contribution in [0.25, 0.3) is 6.08 Å². The molecule has 1 amide bonds. The first kappa shape index (κ1) is 21.6. The van der Waals surface area contributed by atoms with Gasteiger partial charge in [-0.2, -0.15) is 5.26 Å².